The molecular weight excluding hydrogens is 325 g/mol. The van der Waals surface area contributed by atoms with E-state index in [4.69, 9.17) is 9.84 Å². The molecule has 1 N–H and O–H groups in total. The lowest BCUT2D eigenvalue weighted by Gasteiger charge is -2.17. The van der Waals surface area contributed by atoms with Gasteiger partial charge in [0.05, 0.1) is 5.92 Å². The van der Waals surface area contributed by atoms with Gasteiger partial charge in [-0.15, -0.1) is 0 Å². The first-order chi connectivity index (χ1) is 11.9. The minimum Gasteiger partial charge on any atom is -0.489 e. The van der Waals surface area contributed by atoms with Gasteiger partial charge in [0.2, 0.25) is 5.91 Å². The van der Waals surface area contributed by atoms with Crippen molar-refractivity contribution in [3.8, 4) is 5.75 Å². The van der Waals surface area contributed by atoms with Crippen molar-refractivity contribution in [3.63, 3.8) is 0 Å². The molecule has 0 bridgehead atoms. The predicted octanol–water partition coefficient (Wildman–Crippen LogP) is 3.15. The lowest BCUT2D eigenvalue weighted by atomic mass is 10.1. The normalized spacial score (nSPS) is 17.0. The maximum absolute atomic E-state index is 13.3. The van der Waals surface area contributed by atoms with Gasteiger partial charge in [-0.05, 0) is 54.4 Å². The number of halogens is 1. The Hall–Kier alpha value is -2.89. The van der Waals surface area contributed by atoms with Gasteiger partial charge in [-0.3, -0.25) is 9.59 Å². The second-order valence-electron chi connectivity index (χ2n) is 6.10. The van der Waals surface area contributed by atoms with Gasteiger partial charge in [0, 0.05) is 18.7 Å². The first kappa shape index (κ1) is 17.0. The SMILES string of the molecule is Cc1ccc(F)cc1COc1ccc(N2CC(C(=O)O)CC2=O)cc1. The van der Waals surface area contributed by atoms with Crippen molar-refractivity contribution in [2.45, 2.75) is 20.0 Å². The van der Waals surface area contributed by atoms with Gasteiger partial charge in [0.25, 0.3) is 0 Å². The second-order valence-corrected chi connectivity index (χ2v) is 6.10. The van der Waals surface area contributed by atoms with Crippen LogP contribution < -0.4 is 9.64 Å². The van der Waals surface area contributed by atoms with Crippen molar-refractivity contribution in [2.75, 3.05) is 11.4 Å². The van der Waals surface area contributed by atoms with Crippen molar-refractivity contribution in [2.24, 2.45) is 5.92 Å². The molecule has 1 atom stereocenters. The van der Waals surface area contributed by atoms with Crippen LogP contribution in [0.2, 0.25) is 0 Å². The van der Waals surface area contributed by atoms with Gasteiger partial charge >= 0.3 is 5.97 Å². The number of carbonyl (C=O) groups is 2. The lowest BCUT2D eigenvalue weighted by Crippen LogP contribution is -2.25. The fraction of sp³-hybridized carbons (Fsp3) is 0.263. The summed E-state index contributed by atoms with van der Waals surface area (Å²) in [6.45, 7) is 2.31. The van der Waals surface area contributed by atoms with Crippen molar-refractivity contribution < 1.29 is 23.8 Å². The molecule has 0 saturated carbocycles. The second kappa shape index (κ2) is 6.93. The Bertz CT molecular complexity index is 804. The van der Waals surface area contributed by atoms with Gasteiger partial charge in [0.1, 0.15) is 18.2 Å². The van der Waals surface area contributed by atoms with Crippen LogP contribution in [-0.4, -0.2) is 23.5 Å². The number of ether oxygens (including phenoxy) is 1. The van der Waals surface area contributed by atoms with Crippen LogP contribution in [0.5, 0.6) is 5.75 Å². The van der Waals surface area contributed by atoms with Crippen LogP contribution in [0.3, 0.4) is 0 Å². The highest BCUT2D eigenvalue weighted by Crippen LogP contribution is 2.27. The summed E-state index contributed by atoms with van der Waals surface area (Å²) in [4.78, 5) is 24.4. The molecule has 1 aliphatic heterocycles. The third-order valence-corrected chi connectivity index (χ3v) is 4.33. The molecule has 1 amide bonds. The number of rotatable bonds is 5. The summed E-state index contributed by atoms with van der Waals surface area (Å²) in [5.74, 6) is -1.54. The number of aliphatic carboxylic acids is 1. The number of carboxylic acid groups (broad SMARTS) is 1. The number of carboxylic acids is 1. The molecule has 6 heteroatoms. The Morgan fingerprint density at radius 1 is 1.28 bits per heavy atom. The van der Waals surface area contributed by atoms with Gasteiger partial charge in [-0.25, -0.2) is 4.39 Å². The molecule has 130 valence electrons. The molecule has 0 aromatic heterocycles. The molecule has 5 nitrogen and oxygen atoms in total. The van der Waals surface area contributed by atoms with E-state index in [-0.39, 0.29) is 31.3 Å². The largest absolute Gasteiger partial charge is 0.489 e. The van der Waals surface area contributed by atoms with Gasteiger partial charge in [0.15, 0.2) is 0 Å². The molecule has 1 aliphatic rings. The maximum Gasteiger partial charge on any atom is 0.308 e. The van der Waals surface area contributed by atoms with E-state index in [2.05, 4.69) is 0 Å². The van der Waals surface area contributed by atoms with Crippen LogP contribution in [0.25, 0.3) is 0 Å². The van der Waals surface area contributed by atoms with E-state index >= 15 is 0 Å². The zero-order valence-corrected chi connectivity index (χ0v) is 13.7. The molecule has 2 aromatic rings. The summed E-state index contributed by atoms with van der Waals surface area (Å²) in [7, 11) is 0. The number of amides is 1. The van der Waals surface area contributed by atoms with Crippen LogP contribution in [0, 0.1) is 18.7 Å². The fourth-order valence-electron chi connectivity index (χ4n) is 2.80. The average Bonchev–Trinajstić information content (AvgIpc) is 2.98. The first-order valence-electron chi connectivity index (χ1n) is 7.95. The molecular formula is C19H18FNO4. The number of aryl methyl sites for hydroxylation is 1. The van der Waals surface area contributed by atoms with E-state index in [9.17, 15) is 14.0 Å². The van der Waals surface area contributed by atoms with Crippen LogP contribution in [0.1, 0.15) is 17.5 Å². The average molecular weight is 343 g/mol. The topological polar surface area (TPSA) is 66.8 Å². The highest BCUT2D eigenvalue weighted by atomic mass is 19.1. The monoisotopic (exact) mass is 343 g/mol. The summed E-state index contributed by atoms with van der Waals surface area (Å²) in [5.41, 5.74) is 2.35. The van der Waals surface area contributed by atoms with Crippen molar-refractivity contribution >= 4 is 17.6 Å². The van der Waals surface area contributed by atoms with E-state index in [0.29, 0.717) is 11.4 Å². The number of carbonyl (C=O) groups excluding carboxylic acids is 1. The molecule has 1 unspecified atom stereocenters. The van der Waals surface area contributed by atoms with Gasteiger partial charge in [-0.2, -0.15) is 0 Å². The van der Waals surface area contributed by atoms with Crippen LogP contribution in [-0.2, 0) is 16.2 Å². The van der Waals surface area contributed by atoms with E-state index in [0.717, 1.165) is 11.1 Å². The fourth-order valence-corrected chi connectivity index (χ4v) is 2.80. The number of anilines is 1. The van der Waals surface area contributed by atoms with Gasteiger partial charge in [-0.1, -0.05) is 6.07 Å². The first-order valence-corrected chi connectivity index (χ1v) is 7.95. The zero-order chi connectivity index (χ0) is 18.0. The van der Waals surface area contributed by atoms with Crippen molar-refractivity contribution in [1.29, 1.82) is 0 Å². The Morgan fingerprint density at radius 3 is 2.64 bits per heavy atom. The number of hydrogen-bond donors (Lipinski definition) is 1. The number of hydrogen-bond acceptors (Lipinski definition) is 3. The molecule has 0 radical (unpaired) electrons. The lowest BCUT2D eigenvalue weighted by molar-refractivity contribution is -0.141. The van der Waals surface area contributed by atoms with E-state index in [1.165, 1.54) is 17.0 Å². The third kappa shape index (κ3) is 3.79. The quantitative estimate of drug-likeness (QED) is 0.906. The molecule has 0 spiro atoms. The van der Waals surface area contributed by atoms with Crippen LogP contribution in [0.4, 0.5) is 10.1 Å². The molecule has 1 fully saturated rings. The van der Waals surface area contributed by atoms with Crippen molar-refractivity contribution in [1.82, 2.24) is 0 Å². The standard InChI is InChI=1S/C19H18FNO4/c1-12-2-3-15(20)8-14(12)11-25-17-6-4-16(5-7-17)21-10-13(19(23)24)9-18(21)22/h2-8,13H,9-11H2,1H3,(H,23,24). The predicted molar refractivity (Wildman–Crippen MR) is 90.0 cm³/mol. The molecule has 2 aromatic carbocycles. The summed E-state index contributed by atoms with van der Waals surface area (Å²) in [6, 6.07) is 11.4. The summed E-state index contributed by atoms with van der Waals surface area (Å²) < 4.78 is 19.0. The highest BCUT2D eigenvalue weighted by Gasteiger charge is 2.34. The third-order valence-electron chi connectivity index (χ3n) is 4.33. The van der Waals surface area contributed by atoms with Crippen molar-refractivity contribution in [3.05, 3.63) is 59.4 Å². The number of nitrogens with zero attached hydrogens (tertiary/aromatic N) is 1. The number of benzene rings is 2. The Morgan fingerprint density at radius 2 is 2.00 bits per heavy atom. The van der Waals surface area contributed by atoms with E-state index in [1.807, 2.05) is 6.92 Å². The molecule has 25 heavy (non-hydrogen) atoms. The summed E-state index contributed by atoms with van der Waals surface area (Å²) in [5, 5.41) is 9.03. The minimum absolute atomic E-state index is 0.0203. The Kier molecular flexibility index (Phi) is 4.70. The molecule has 1 saturated heterocycles. The Balaban J connectivity index is 1.65. The van der Waals surface area contributed by atoms with Gasteiger partial charge < -0.3 is 14.7 Å². The smallest absolute Gasteiger partial charge is 0.308 e. The van der Waals surface area contributed by atoms with Crippen LogP contribution in [0.15, 0.2) is 42.5 Å². The van der Waals surface area contributed by atoms with E-state index in [1.54, 1.807) is 30.3 Å². The van der Waals surface area contributed by atoms with Crippen LogP contribution >= 0.6 is 0 Å². The minimum atomic E-state index is -0.957. The molecule has 3 rings (SSSR count). The Labute approximate surface area is 144 Å². The molecule has 1 heterocycles. The van der Waals surface area contributed by atoms with E-state index < -0.39 is 11.9 Å². The zero-order valence-electron chi connectivity index (χ0n) is 13.7. The summed E-state index contributed by atoms with van der Waals surface area (Å²) in [6.07, 6.45) is 0.0203. The molecule has 0 aliphatic carbocycles. The highest BCUT2D eigenvalue weighted by molar-refractivity contribution is 5.99. The maximum atomic E-state index is 13.3. The summed E-state index contributed by atoms with van der Waals surface area (Å²) >= 11 is 0.